The van der Waals surface area contributed by atoms with Crippen LogP contribution in [0.2, 0.25) is 0 Å². The highest BCUT2D eigenvalue weighted by molar-refractivity contribution is 9.10. The number of benzene rings is 1. The third-order valence-corrected chi connectivity index (χ3v) is 2.28. The molecule has 1 N–H and O–H groups in total. The number of rotatable bonds is 2. The van der Waals surface area contributed by atoms with Crippen LogP contribution < -0.4 is 0 Å². The fraction of sp³-hybridized carbons (Fsp3) is 0.111. The van der Waals surface area contributed by atoms with Crippen molar-refractivity contribution >= 4 is 27.7 Å². The molecule has 0 aromatic heterocycles. The number of aromatic carboxylic acids is 1. The molecule has 0 amide bonds. The maximum Gasteiger partial charge on any atom is 0.335 e. The molecule has 0 fully saturated rings. The molecule has 0 saturated carbocycles. The van der Waals surface area contributed by atoms with Crippen LogP contribution in [0.25, 0.3) is 0 Å². The summed E-state index contributed by atoms with van der Waals surface area (Å²) in [4.78, 5) is 21.6. The first-order valence-corrected chi connectivity index (χ1v) is 4.35. The molecule has 0 aliphatic heterocycles. The maximum absolute atomic E-state index is 11.0. The van der Waals surface area contributed by atoms with E-state index in [2.05, 4.69) is 15.9 Å². The number of carboxylic acids is 1. The molecule has 1 aromatic rings. The Hall–Kier alpha value is -1.16. The van der Waals surface area contributed by atoms with E-state index in [0.717, 1.165) is 0 Å². The minimum atomic E-state index is -1.03. The van der Waals surface area contributed by atoms with Crippen LogP contribution in [0.3, 0.4) is 0 Å². The summed E-state index contributed by atoms with van der Waals surface area (Å²) in [5.74, 6) is -1.19. The molecule has 4 heteroatoms. The molecule has 0 heterocycles. The summed E-state index contributed by atoms with van der Waals surface area (Å²) < 4.78 is 0.616. The lowest BCUT2D eigenvalue weighted by molar-refractivity contribution is 0.0697. The van der Waals surface area contributed by atoms with Gasteiger partial charge in [0.2, 0.25) is 0 Å². The summed E-state index contributed by atoms with van der Waals surface area (Å²) in [6.07, 6.45) is 0. The van der Waals surface area contributed by atoms with E-state index in [-0.39, 0.29) is 11.3 Å². The van der Waals surface area contributed by atoms with E-state index in [0.29, 0.717) is 10.0 Å². The average molecular weight is 243 g/mol. The molecular formula is C9H7BrO3. The van der Waals surface area contributed by atoms with Crippen molar-refractivity contribution in [3.8, 4) is 0 Å². The number of ketones is 1. The number of halogens is 1. The van der Waals surface area contributed by atoms with E-state index < -0.39 is 5.97 Å². The Bertz CT molecular complexity index is 371. The molecule has 0 unspecified atom stereocenters. The molecular weight excluding hydrogens is 236 g/mol. The quantitative estimate of drug-likeness (QED) is 0.811. The lowest BCUT2D eigenvalue weighted by atomic mass is 10.1. The topological polar surface area (TPSA) is 54.4 Å². The molecule has 0 atom stereocenters. The fourth-order valence-corrected chi connectivity index (χ4v) is 1.45. The Morgan fingerprint density at radius 1 is 1.38 bits per heavy atom. The van der Waals surface area contributed by atoms with E-state index in [1.807, 2.05) is 0 Å². The van der Waals surface area contributed by atoms with Gasteiger partial charge >= 0.3 is 5.97 Å². The zero-order valence-corrected chi connectivity index (χ0v) is 8.46. The molecule has 0 spiro atoms. The number of hydrogen-bond donors (Lipinski definition) is 1. The van der Waals surface area contributed by atoms with Gasteiger partial charge in [0.1, 0.15) is 0 Å². The molecule has 68 valence electrons. The SMILES string of the molecule is CC(=O)c1cc(C(=O)O)ccc1Br. The van der Waals surface area contributed by atoms with E-state index in [4.69, 9.17) is 5.11 Å². The van der Waals surface area contributed by atoms with Crippen LogP contribution in [0.5, 0.6) is 0 Å². The van der Waals surface area contributed by atoms with Gasteiger partial charge in [-0.05, 0) is 25.1 Å². The zero-order chi connectivity index (χ0) is 10.0. The lowest BCUT2D eigenvalue weighted by Crippen LogP contribution is -2.00. The summed E-state index contributed by atoms with van der Waals surface area (Å²) >= 11 is 3.17. The molecule has 13 heavy (non-hydrogen) atoms. The molecule has 1 rings (SSSR count). The minimum absolute atomic E-state index is 0.119. The minimum Gasteiger partial charge on any atom is -0.478 e. The smallest absolute Gasteiger partial charge is 0.335 e. The van der Waals surface area contributed by atoms with Crippen LogP contribution in [0.15, 0.2) is 22.7 Å². The highest BCUT2D eigenvalue weighted by atomic mass is 79.9. The first-order chi connectivity index (χ1) is 6.02. The van der Waals surface area contributed by atoms with Crippen LogP contribution in [-0.4, -0.2) is 16.9 Å². The zero-order valence-electron chi connectivity index (χ0n) is 6.87. The van der Waals surface area contributed by atoms with Crippen molar-refractivity contribution < 1.29 is 14.7 Å². The Morgan fingerprint density at radius 3 is 2.46 bits per heavy atom. The molecule has 0 saturated heterocycles. The van der Waals surface area contributed by atoms with Crippen molar-refractivity contribution in [2.24, 2.45) is 0 Å². The standard InChI is InChI=1S/C9H7BrO3/c1-5(11)7-4-6(9(12)13)2-3-8(7)10/h2-4H,1H3,(H,12,13). The Labute approximate surface area is 83.5 Å². The van der Waals surface area contributed by atoms with Gasteiger partial charge in [-0.2, -0.15) is 0 Å². The van der Waals surface area contributed by atoms with Gasteiger partial charge in [-0.25, -0.2) is 4.79 Å². The van der Waals surface area contributed by atoms with Gasteiger partial charge in [-0.1, -0.05) is 15.9 Å². The third-order valence-electron chi connectivity index (χ3n) is 1.59. The highest BCUT2D eigenvalue weighted by Gasteiger charge is 2.09. The van der Waals surface area contributed by atoms with Crippen LogP contribution in [0, 0.1) is 0 Å². The van der Waals surface area contributed by atoms with Gasteiger partial charge < -0.3 is 5.11 Å². The first-order valence-electron chi connectivity index (χ1n) is 3.56. The van der Waals surface area contributed by atoms with Crippen molar-refractivity contribution in [1.29, 1.82) is 0 Å². The van der Waals surface area contributed by atoms with E-state index in [1.54, 1.807) is 6.07 Å². The summed E-state index contributed by atoms with van der Waals surface area (Å²) in [5.41, 5.74) is 0.508. The fourth-order valence-electron chi connectivity index (χ4n) is 0.928. The van der Waals surface area contributed by atoms with E-state index in [1.165, 1.54) is 19.1 Å². The number of carbonyl (C=O) groups excluding carboxylic acids is 1. The van der Waals surface area contributed by atoms with Gasteiger partial charge in [0.05, 0.1) is 5.56 Å². The number of carboxylic acid groups (broad SMARTS) is 1. The summed E-state index contributed by atoms with van der Waals surface area (Å²) in [6.45, 7) is 1.39. The van der Waals surface area contributed by atoms with Gasteiger partial charge in [-0.3, -0.25) is 4.79 Å². The molecule has 3 nitrogen and oxygen atoms in total. The van der Waals surface area contributed by atoms with Gasteiger partial charge in [0, 0.05) is 10.0 Å². The van der Waals surface area contributed by atoms with E-state index in [9.17, 15) is 9.59 Å². The second-order valence-electron chi connectivity index (χ2n) is 2.56. The maximum atomic E-state index is 11.0. The molecule has 1 aromatic carbocycles. The summed E-state index contributed by atoms with van der Waals surface area (Å²) in [7, 11) is 0. The van der Waals surface area contributed by atoms with Crippen LogP contribution in [0.4, 0.5) is 0 Å². The second-order valence-corrected chi connectivity index (χ2v) is 3.41. The average Bonchev–Trinajstić information content (AvgIpc) is 2.04. The molecule has 0 aliphatic carbocycles. The molecule has 0 aliphatic rings. The van der Waals surface area contributed by atoms with Crippen molar-refractivity contribution in [3.05, 3.63) is 33.8 Å². The monoisotopic (exact) mass is 242 g/mol. The van der Waals surface area contributed by atoms with Gasteiger partial charge in [-0.15, -0.1) is 0 Å². The van der Waals surface area contributed by atoms with Crippen molar-refractivity contribution in [2.45, 2.75) is 6.92 Å². The largest absolute Gasteiger partial charge is 0.478 e. The molecule has 0 bridgehead atoms. The normalized spacial score (nSPS) is 9.69. The Balaban J connectivity index is 3.27. The third kappa shape index (κ3) is 2.15. The highest BCUT2D eigenvalue weighted by Crippen LogP contribution is 2.18. The van der Waals surface area contributed by atoms with E-state index >= 15 is 0 Å². The van der Waals surface area contributed by atoms with Crippen LogP contribution >= 0.6 is 15.9 Å². The number of Topliss-reactive ketones (excluding diaryl/α,β-unsaturated/α-hetero) is 1. The summed E-state index contributed by atoms with van der Waals surface area (Å²) in [6, 6.07) is 4.35. The van der Waals surface area contributed by atoms with Crippen molar-refractivity contribution in [2.75, 3.05) is 0 Å². The first kappa shape index (κ1) is 9.92. The number of carbonyl (C=O) groups is 2. The summed E-state index contributed by atoms with van der Waals surface area (Å²) in [5, 5.41) is 8.66. The van der Waals surface area contributed by atoms with Crippen molar-refractivity contribution in [1.82, 2.24) is 0 Å². The van der Waals surface area contributed by atoms with Crippen LogP contribution in [0.1, 0.15) is 27.6 Å². The lowest BCUT2D eigenvalue weighted by Gasteiger charge is -2.00. The Kier molecular flexibility index (Phi) is 2.83. The predicted molar refractivity (Wildman–Crippen MR) is 51.1 cm³/mol. The van der Waals surface area contributed by atoms with Gasteiger partial charge in [0.25, 0.3) is 0 Å². The predicted octanol–water partition coefficient (Wildman–Crippen LogP) is 2.35. The number of hydrogen-bond acceptors (Lipinski definition) is 2. The second kappa shape index (κ2) is 3.70. The van der Waals surface area contributed by atoms with Crippen molar-refractivity contribution in [3.63, 3.8) is 0 Å². The van der Waals surface area contributed by atoms with Crippen LogP contribution in [-0.2, 0) is 0 Å². The molecule has 0 radical (unpaired) electrons. The van der Waals surface area contributed by atoms with Gasteiger partial charge in [0.15, 0.2) is 5.78 Å². The Morgan fingerprint density at radius 2 is 2.00 bits per heavy atom.